The van der Waals surface area contributed by atoms with Crippen LogP contribution < -0.4 is 0 Å². The third-order valence-corrected chi connectivity index (χ3v) is 3.82. The summed E-state index contributed by atoms with van der Waals surface area (Å²) in [6, 6.07) is 0. The van der Waals surface area contributed by atoms with Crippen molar-refractivity contribution in [3.05, 3.63) is 0 Å². The van der Waals surface area contributed by atoms with E-state index in [1.165, 1.54) is 18.7 Å². The molecule has 1 fully saturated rings. The zero-order valence-electron chi connectivity index (χ0n) is 11.2. The maximum atomic E-state index is 2.38. The quantitative estimate of drug-likeness (QED) is 0.615. The first kappa shape index (κ1) is 13.1. The fourth-order valence-electron chi connectivity index (χ4n) is 2.50. The van der Waals surface area contributed by atoms with E-state index >= 15 is 0 Å². The normalized spacial score (nSPS) is 18.6. The summed E-state index contributed by atoms with van der Waals surface area (Å²) in [5.74, 6) is 0. The van der Waals surface area contributed by atoms with Crippen LogP contribution in [0.15, 0.2) is 0 Å². The van der Waals surface area contributed by atoms with Crippen LogP contribution in [0.5, 0.6) is 0 Å². The molecule has 0 atom stereocenters. The van der Waals surface area contributed by atoms with Crippen molar-refractivity contribution in [1.29, 1.82) is 0 Å². The average molecular weight is 207 g/mol. The van der Waals surface area contributed by atoms with E-state index in [4.69, 9.17) is 0 Å². The summed E-state index contributed by atoms with van der Waals surface area (Å²) in [7, 11) is 13.2. The molecule has 3 nitrogen and oxygen atoms in total. The zero-order valence-corrected chi connectivity index (χ0v) is 11.2. The van der Waals surface area contributed by atoms with Crippen molar-refractivity contribution in [1.82, 2.24) is 14.4 Å². The van der Waals surface area contributed by atoms with Gasteiger partial charge >= 0.3 is 0 Å². The van der Waals surface area contributed by atoms with Crippen molar-refractivity contribution in [2.75, 3.05) is 42.3 Å². The Balaban J connectivity index is 2.64. The van der Waals surface area contributed by atoms with Crippen LogP contribution in [0.3, 0.4) is 0 Å². The third-order valence-electron chi connectivity index (χ3n) is 3.82. The Morgan fingerprint density at radius 2 is 0.733 bits per heavy atom. The summed E-state index contributed by atoms with van der Waals surface area (Å²) < 4.78 is 0. The van der Waals surface area contributed by atoms with E-state index in [-0.39, 0.29) is 0 Å². The molecule has 6 heteroatoms. The fraction of sp³-hybridized carbons (Fsp3) is 1.00. The summed E-state index contributed by atoms with van der Waals surface area (Å²) in [6.07, 6.45) is 3.93. The minimum absolute atomic E-state index is 0.735. The highest BCUT2D eigenvalue weighted by Gasteiger charge is 2.38. The number of hydrogen-bond donors (Lipinski definition) is 0. The minimum atomic E-state index is 0.735. The number of rotatable bonds is 3. The van der Waals surface area contributed by atoms with Crippen LogP contribution in [0.1, 0.15) is 0 Å². The minimum Gasteiger partial charge on any atom is -0.348 e. The molecule has 1 saturated heterocycles. The average Bonchev–Trinajstić information content (AvgIpc) is 2.16. The highest BCUT2D eigenvalue weighted by molar-refractivity contribution is 6.92. The van der Waals surface area contributed by atoms with E-state index in [0.29, 0.717) is 0 Å². The van der Waals surface area contributed by atoms with Gasteiger partial charge in [0.15, 0.2) is 0 Å². The van der Waals surface area contributed by atoms with E-state index < -0.39 is 0 Å². The Morgan fingerprint density at radius 1 is 0.533 bits per heavy atom. The molecule has 0 unspecified atom stereocenters. The van der Waals surface area contributed by atoms with Gasteiger partial charge in [-0.05, 0) is 42.3 Å². The molecule has 0 aliphatic carbocycles. The first-order chi connectivity index (χ1) is 6.91. The van der Waals surface area contributed by atoms with Gasteiger partial charge in [-0.25, -0.2) is 0 Å². The summed E-state index contributed by atoms with van der Waals surface area (Å²) in [4.78, 5) is 7.14. The summed E-state index contributed by atoms with van der Waals surface area (Å²) >= 11 is 0. The van der Waals surface area contributed by atoms with Gasteiger partial charge in [0.1, 0.15) is 0 Å². The Bertz CT molecular complexity index is 160. The van der Waals surface area contributed by atoms with Crippen molar-refractivity contribution < 1.29 is 0 Å². The van der Waals surface area contributed by atoms with Crippen LogP contribution in [-0.2, 0) is 0 Å². The monoisotopic (exact) mass is 207 g/mol. The smallest absolute Gasteiger partial charge is 0.210 e. The third kappa shape index (κ3) is 3.54. The number of hydrogen-bond acceptors (Lipinski definition) is 3. The highest BCUT2D eigenvalue weighted by Crippen LogP contribution is 2.22. The van der Waals surface area contributed by atoms with Gasteiger partial charge in [0.2, 0.25) is 20.5 Å². The van der Waals surface area contributed by atoms with Crippen molar-refractivity contribution in [3.63, 3.8) is 0 Å². The van der Waals surface area contributed by atoms with E-state index in [1.54, 1.807) is 0 Å². The molecule has 0 N–H and O–H groups in total. The topological polar surface area (TPSA) is 9.72 Å². The van der Waals surface area contributed by atoms with Crippen molar-refractivity contribution in [2.45, 2.75) is 18.7 Å². The first-order valence-corrected chi connectivity index (χ1v) is 5.91. The van der Waals surface area contributed by atoms with Gasteiger partial charge in [0.25, 0.3) is 0 Å². The van der Waals surface area contributed by atoms with E-state index in [0.717, 1.165) is 20.5 Å². The molecule has 0 aromatic carbocycles. The molecular weight excluding hydrogens is 183 g/mol. The van der Waals surface area contributed by atoms with E-state index in [2.05, 4.69) is 56.7 Å². The van der Waals surface area contributed by atoms with Crippen molar-refractivity contribution in [2.24, 2.45) is 0 Å². The molecule has 84 valence electrons. The molecular formula is C9H24B3N3. The molecule has 1 aliphatic heterocycles. The van der Waals surface area contributed by atoms with E-state index in [1.807, 2.05) is 0 Å². The lowest BCUT2D eigenvalue weighted by atomic mass is 9.17. The second kappa shape index (κ2) is 5.42. The van der Waals surface area contributed by atoms with Crippen LogP contribution in [0.25, 0.3) is 0 Å². The molecule has 0 radical (unpaired) electrons. The van der Waals surface area contributed by atoms with Crippen molar-refractivity contribution >= 4 is 20.5 Å². The molecule has 0 aromatic rings. The molecule has 0 bridgehead atoms. The van der Waals surface area contributed by atoms with Crippen LogP contribution in [0.4, 0.5) is 0 Å². The summed E-state index contributed by atoms with van der Waals surface area (Å²) in [5, 5.41) is 0. The molecule has 1 aliphatic rings. The second-order valence-corrected chi connectivity index (χ2v) is 5.56. The van der Waals surface area contributed by atoms with Gasteiger partial charge in [0, 0.05) is 0 Å². The Hall–Kier alpha value is 0.0748. The molecule has 0 aromatic heterocycles. The lowest BCUT2D eigenvalue weighted by Gasteiger charge is -2.37. The summed E-state index contributed by atoms with van der Waals surface area (Å²) in [5.41, 5.74) is 0. The van der Waals surface area contributed by atoms with Gasteiger partial charge < -0.3 is 14.4 Å². The molecule has 15 heavy (non-hydrogen) atoms. The maximum absolute atomic E-state index is 2.38. The zero-order chi connectivity index (χ0) is 11.6. The molecule has 1 rings (SSSR count). The van der Waals surface area contributed by atoms with Gasteiger partial charge in [0.05, 0.1) is 0 Å². The predicted octanol–water partition coefficient (Wildman–Crippen LogP) is 0.277. The Kier molecular flexibility index (Phi) is 4.75. The van der Waals surface area contributed by atoms with Gasteiger partial charge in [-0.2, -0.15) is 0 Å². The van der Waals surface area contributed by atoms with Crippen LogP contribution >= 0.6 is 0 Å². The molecule has 1 heterocycles. The number of nitrogens with zero attached hydrogens (tertiary/aromatic N) is 3. The van der Waals surface area contributed by atoms with Gasteiger partial charge in [-0.1, -0.05) is 18.7 Å². The lowest BCUT2D eigenvalue weighted by molar-refractivity contribution is 0.602. The van der Waals surface area contributed by atoms with Crippen LogP contribution in [-0.4, -0.2) is 77.3 Å². The second-order valence-electron chi connectivity index (χ2n) is 5.56. The first-order valence-electron chi connectivity index (χ1n) is 5.91. The molecule has 0 spiro atoms. The van der Waals surface area contributed by atoms with Crippen molar-refractivity contribution in [3.8, 4) is 0 Å². The van der Waals surface area contributed by atoms with Crippen LogP contribution in [0.2, 0.25) is 18.7 Å². The SMILES string of the molecule is CN(C)B1CB(N(C)C)CB(N(C)C)C1. The van der Waals surface area contributed by atoms with Crippen LogP contribution in [0, 0.1) is 0 Å². The Labute approximate surface area is 96.5 Å². The van der Waals surface area contributed by atoms with Gasteiger partial charge in [-0.15, -0.1) is 0 Å². The van der Waals surface area contributed by atoms with Gasteiger partial charge in [-0.3, -0.25) is 0 Å². The van der Waals surface area contributed by atoms with E-state index in [9.17, 15) is 0 Å². The highest BCUT2D eigenvalue weighted by atomic mass is 15.0. The predicted molar refractivity (Wildman–Crippen MR) is 72.7 cm³/mol. The Morgan fingerprint density at radius 3 is 0.867 bits per heavy atom. The molecule has 0 amide bonds. The largest absolute Gasteiger partial charge is 0.348 e. The fourth-order valence-corrected chi connectivity index (χ4v) is 2.50. The summed E-state index contributed by atoms with van der Waals surface area (Å²) in [6.45, 7) is 2.20. The molecule has 0 saturated carbocycles. The maximum Gasteiger partial charge on any atom is 0.210 e. The standard InChI is InChI=1S/C9H24B3N3/c1-13(2)10-7-11(14(3)4)9-12(8-10)15(5)6/h7-9H2,1-6H3. The lowest BCUT2D eigenvalue weighted by Crippen LogP contribution is -2.55.